The van der Waals surface area contributed by atoms with Crippen molar-refractivity contribution in [2.24, 2.45) is 0 Å². The predicted octanol–water partition coefficient (Wildman–Crippen LogP) is 1.75. The van der Waals surface area contributed by atoms with Gasteiger partial charge in [-0.1, -0.05) is 6.58 Å². The minimum atomic E-state index is 0.0266. The number of nitrogens with zero attached hydrogens (tertiary/aromatic N) is 4. The summed E-state index contributed by atoms with van der Waals surface area (Å²) >= 11 is 0. The number of aromatic nitrogens is 3. The fraction of sp³-hybridized carbons (Fsp3) is 0.615. The van der Waals surface area contributed by atoms with Crippen molar-refractivity contribution in [1.29, 1.82) is 0 Å². The first-order valence-corrected chi connectivity index (χ1v) is 6.44. The van der Waals surface area contributed by atoms with Gasteiger partial charge in [-0.2, -0.15) is 0 Å². The van der Waals surface area contributed by atoms with E-state index in [1.54, 1.807) is 6.33 Å². The summed E-state index contributed by atoms with van der Waals surface area (Å²) in [7, 11) is 0. The fourth-order valence-electron chi connectivity index (χ4n) is 2.43. The van der Waals surface area contributed by atoms with Crippen LogP contribution in [0.1, 0.15) is 44.5 Å². The molecule has 0 radical (unpaired) electrons. The van der Waals surface area contributed by atoms with Crippen molar-refractivity contribution in [2.45, 2.75) is 38.6 Å². The largest absolute Gasteiger partial charge is 0.339 e. The molecule has 2 rings (SSSR count). The highest BCUT2D eigenvalue weighted by molar-refractivity contribution is 5.87. The van der Waals surface area contributed by atoms with E-state index in [1.165, 1.54) is 6.08 Å². The lowest BCUT2D eigenvalue weighted by molar-refractivity contribution is -0.127. The molecule has 1 fully saturated rings. The van der Waals surface area contributed by atoms with E-state index in [0.29, 0.717) is 12.0 Å². The molecular weight excluding hydrogens is 228 g/mol. The normalized spacial score (nSPS) is 17.2. The Morgan fingerprint density at radius 2 is 2.17 bits per heavy atom. The molecule has 0 spiro atoms. The molecule has 1 aromatic rings. The van der Waals surface area contributed by atoms with Crippen molar-refractivity contribution in [3.63, 3.8) is 0 Å². The van der Waals surface area contributed by atoms with Crippen molar-refractivity contribution >= 4 is 5.91 Å². The summed E-state index contributed by atoms with van der Waals surface area (Å²) in [6, 6.07) is 0.378. The first-order chi connectivity index (χ1) is 8.63. The second-order valence-corrected chi connectivity index (χ2v) is 4.99. The fourth-order valence-corrected chi connectivity index (χ4v) is 2.43. The lowest BCUT2D eigenvalue weighted by Gasteiger charge is -2.31. The third kappa shape index (κ3) is 2.44. The molecule has 0 unspecified atom stereocenters. The van der Waals surface area contributed by atoms with Crippen LogP contribution in [-0.4, -0.2) is 38.7 Å². The summed E-state index contributed by atoms with van der Waals surface area (Å²) in [5, 5.41) is 8.25. The van der Waals surface area contributed by atoms with Crippen LogP contribution in [0.5, 0.6) is 0 Å². The summed E-state index contributed by atoms with van der Waals surface area (Å²) in [6.45, 7) is 9.34. The number of amides is 1. The highest BCUT2D eigenvalue weighted by Gasteiger charge is 2.26. The minimum absolute atomic E-state index is 0.0266. The van der Waals surface area contributed by atoms with E-state index in [9.17, 15) is 4.79 Å². The Hall–Kier alpha value is -1.65. The molecule has 0 aliphatic carbocycles. The van der Waals surface area contributed by atoms with Gasteiger partial charge in [-0.05, 0) is 32.8 Å². The van der Waals surface area contributed by atoms with E-state index in [2.05, 4.69) is 35.2 Å². The van der Waals surface area contributed by atoms with Gasteiger partial charge in [0.05, 0.1) is 0 Å². The average Bonchev–Trinajstić information content (AvgIpc) is 2.87. The Kier molecular flexibility index (Phi) is 3.79. The molecule has 1 aliphatic rings. The van der Waals surface area contributed by atoms with Crippen LogP contribution in [0, 0.1) is 0 Å². The zero-order chi connectivity index (χ0) is 13.1. The second kappa shape index (κ2) is 5.33. The molecule has 1 aliphatic heterocycles. The average molecular weight is 248 g/mol. The standard InChI is InChI=1S/C13H20N4O/c1-4-12(18)16-7-5-11(6-8-16)13-15-14-9-17(13)10(2)3/h4,9-11H,1,5-8H2,2-3H3. The molecule has 5 heteroatoms. The summed E-state index contributed by atoms with van der Waals surface area (Å²) in [6.07, 6.45) is 5.08. The van der Waals surface area contributed by atoms with Crippen LogP contribution in [-0.2, 0) is 4.79 Å². The predicted molar refractivity (Wildman–Crippen MR) is 69.2 cm³/mol. The van der Waals surface area contributed by atoms with Gasteiger partial charge in [-0.15, -0.1) is 10.2 Å². The molecule has 0 saturated carbocycles. The van der Waals surface area contributed by atoms with Crippen LogP contribution >= 0.6 is 0 Å². The zero-order valence-electron chi connectivity index (χ0n) is 11.0. The van der Waals surface area contributed by atoms with Crippen LogP contribution in [0.3, 0.4) is 0 Å². The molecule has 1 amide bonds. The van der Waals surface area contributed by atoms with Crippen LogP contribution in [0.15, 0.2) is 19.0 Å². The highest BCUT2D eigenvalue weighted by atomic mass is 16.2. The number of piperidine rings is 1. The van der Waals surface area contributed by atoms with Crippen LogP contribution in [0.2, 0.25) is 0 Å². The molecule has 2 heterocycles. The lowest BCUT2D eigenvalue weighted by atomic mass is 9.95. The zero-order valence-corrected chi connectivity index (χ0v) is 11.0. The highest BCUT2D eigenvalue weighted by Crippen LogP contribution is 2.27. The van der Waals surface area contributed by atoms with Crippen LogP contribution in [0.25, 0.3) is 0 Å². The molecule has 0 atom stereocenters. The first kappa shape index (κ1) is 12.8. The summed E-state index contributed by atoms with van der Waals surface area (Å²) in [5.41, 5.74) is 0. The second-order valence-electron chi connectivity index (χ2n) is 4.99. The third-order valence-electron chi connectivity index (χ3n) is 3.50. The van der Waals surface area contributed by atoms with Gasteiger partial charge in [0.25, 0.3) is 0 Å². The smallest absolute Gasteiger partial charge is 0.245 e. The van der Waals surface area contributed by atoms with Gasteiger partial charge in [-0.25, -0.2) is 0 Å². The Labute approximate surface area is 107 Å². The van der Waals surface area contributed by atoms with Crippen molar-refractivity contribution in [2.75, 3.05) is 13.1 Å². The topological polar surface area (TPSA) is 51.0 Å². The summed E-state index contributed by atoms with van der Waals surface area (Å²) in [4.78, 5) is 13.4. The third-order valence-corrected chi connectivity index (χ3v) is 3.50. The maximum atomic E-state index is 11.5. The SMILES string of the molecule is C=CC(=O)N1CCC(c2nncn2C(C)C)CC1. The van der Waals surface area contributed by atoms with Gasteiger partial charge in [0.15, 0.2) is 0 Å². The molecule has 0 aromatic carbocycles. The molecule has 5 nitrogen and oxygen atoms in total. The number of hydrogen-bond acceptors (Lipinski definition) is 3. The van der Waals surface area contributed by atoms with E-state index >= 15 is 0 Å². The van der Waals surface area contributed by atoms with Crippen molar-refractivity contribution < 1.29 is 4.79 Å². The van der Waals surface area contributed by atoms with Crippen molar-refractivity contribution in [3.05, 3.63) is 24.8 Å². The number of carbonyl (C=O) groups excluding carboxylic acids is 1. The van der Waals surface area contributed by atoms with E-state index < -0.39 is 0 Å². The molecule has 0 N–H and O–H groups in total. The monoisotopic (exact) mass is 248 g/mol. The van der Waals surface area contributed by atoms with Crippen molar-refractivity contribution in [3.8, 4) is 0 Å². The van der Waals surface area contributed by atoms with E-state index in [0.717, 1.165) is 31.8 Å². The van der Waals surface area contributed by atoms with Gasteiger partial charge in [0, 0.05) is 25.0 Å². The minimum Gasteiger partial charge on any atom is -0.339 e. The number of carbonyl (C=O) groups is 1. The molecule has 98 valence electrons. The molecule has 1 aromatic heterocycles. The van der Waals surface area contributed by atoms with Gasteiger partial charge >= 0.3 is 0 Å². The van der Waals surface area contributed by atoms with E-state index in [4.69, 9.17) is 0 Å². The first-order valence-electron chi connectivity index (χ1n) is 6.44. The Balaban J connectivity index is 2.03. The van der Waals surface area contributed by atoms with Crippen molar-refractivity contribution in [1.82, 2.24) is 19.7 Å². The van der Waals surface area contributed by atoms with Gasteiger partial charge in [0.2, 0.25) is 5.91 Å². The van der Waals surface area contributed by atoms with Gasteiger partial charge in [0.1, 0.15) is 12.2 Å². The summed E-state index contributed by atoms with van der Waals surface area (Å²) in [5.74, 6) is 1.48. The summed E-state index contributed by atoms with van der Waals surface area (Å²) < 4.78 is 2.12. The lowest BCUT2D eigenvalue weighted by Crippen LogP contribution is -2.37. The molecular formula is C13H20N4O. The Morgan fingerprint density at radius 1 is 1.50 bits per heavy atom. The number of rotatable bonds is 3. The quantitative estimate of drug-likeness (QED) is 0.766. The maximum Gasteiger partial charge on any atom is 0.245 e. The Morgan fingerprint density at radius 3 is 2.72 bits per heavy atom. The number of likely N-dealkylation sites (tertiary alicyclic amines) is 1. The van der Waals surface area contributed by atoms with Gasteiger partial charge in [-0.3, -0.25) is 4.79 Å². The Bertz CT molecular complexity index is 430. The molecule has 1 saturated heterocycles. The van der Waals surface area contributed by atoms with Crippen LogP contribution in [0.4, 0.5) is 0 Å². The van der Waals surface area contributed by atoms with Crippen LogP contribution < -0.4 is 0 Å². The number of hydrogen-bond donors (Lipinski definition) is 0. The van der Waals surface area contributed by atoms with Gasteiger partial charge < -0.3 is 9.47 Å². The van der Waals surface area contributed by atoms with E-state index in [-0.39, 0.29) is 5.91 Å². The van der Waals surface area contributed by atoms with E-state index in [1.807, 2.05) is 4.90 Å². The molecule has 18 heavy (non-hydrogen) atoms. The maximum absolute atomic E-state index is 11.5. The molecule has 0 bridgehead atoms.